The minimum absolute atomic E-state index is 0.0715. The van der Waals surface area contributed by atoms with Crippen molar-refractivity contribution in [3.05, 3.63) is 72.6 Å². The van der Waals surface area contributed by atoms with Crippen LogP contribution in [0.15, 0.2) is 60.9 Å². The number of carboxylic acid groups (broad SMARTS) is 1. The summed E-state index contributed by atoms with van der Waals surface area (Å²) in [7, 11) is 0. The molecule has 2 atom stereocenters. The smallest absolute Gasteiger partial charge is 0.407 e. The third kappa shape index (κ3) is 4.64. The van der Waals surface area contributed by atoms with E-state index in [1.54, 1.807) is 0 Å². The normalized spacial score (nSPS) is 16.9. The van der Waals surface area contributed by atoms with Crippen molar-refractivity contribution in [3.63, 3.8) is 0 Å². The molecule has 4 aromatic rings. The molecule has 5 N–H and O–H groups in total. The molecule has 1 aliphatic rings. The number of carbonyl (C=O) groups is 1. The minimum Gasteiger partial charge on any atom is -0.465 e. The number of rotatable bonds is 5. The predicted molar refractivity (Wildman–Crippen MR) is 140 cm³/mol. The van der Waals surface area contributed by atoms with Crippen LogP contribution in [0.5, 0.6) is 0 Å². The molecule has 3 heterocycles. The molecule has 8 heteroatoms. The molecule has 2 aromatic heterocycles. The number of benzene rings is 2. The highest BCUT2D eigenvalue weighted by atomic mass is 16.4. The number of amides is 1. The SMILES string of the molecule is CC(C)(C)[C@H](N)c1nc(-c2ccc(-c3ccc(-c4c[nH]c(C5CCCN5C(=O)O)n4)cc3)cc2)c[nH]1. The van der Waals surface area contributed by atoms with Gasteiger partial charge in [-0.25, -0.2) is 14.8 Å². The molecule has 1 aliphatic heterocycles. The lowest BCUT2D eigenvalue weighted by Gasteiger charge is -2.24. The fourth-order valence-corrected chi connectivity index (χ4v) is 4.66. The van der Waals surface area contributed by atoms with E-state index < -0.39 is 6.09 Å². The van der Waals surface area contributed by atoms with Gasteiger partial charge in [0.2, 0.25) is 0 Å². The summed E-state index contributed by atoms with van der Waals surface area (Å²) in [5.74, 6) is 1.50. The van der Waals surface area contributed by atoms with Crippen molar-refractivity contribution >= 4 is 6.09 Å². The van der Waals surface area contributed by atoms with Crippen molar-refractivity contribution in [2.75, 3.05) is 6.54 Å². The second-order valence-electron chi connectivity index (χ2n) is 10.5. The van der Waals surface area contributed by atoms with Gasteiger partial charge in [0.15, 0.2) is 0 Å². The Morgan fingerprint density at radius 1 is 0.944 bits per heavy atom. The van der Waals surface area contributed by atoms with E-state index in [0.717, 1.165) is 52.3 Å². The van der Waals surface area contributed by atoms with E-state index in [1.807, 2.05) is 24.5 Å². The number of nitrogens with zero attached hydrogens (tertiary/aromatic N) is 3. The Balaban J connectivity index is 1.30. The number of imidazole rings is 2. The Labute approximate surface area is 210 Å². The number of nitrogens with two attached hydrogens (primary N) is 1. The summed E-state index contributed by atoms with van der Waals surface area (Å²) in [6.45, 7) is 6.86. The van der Waals surface area contributed by atoms with E-state index in [4.69, 9.17) is 15.7 Å². The summed E-state index contributed by atoms with van der Waals surface area (Å²) >= 11 is 0. The zero-order chi connectivity index (χ0) is 25.4. The molecule has 0 saturated carbocycles. The number of hydrogen-bond donors (Lipinski definition) is 4. The van der Waals surface area contributed by atoms with Gasteiger partial charge in [0.1, 0.15) is 11.6 Å². The highest BCUT2D eigenvalue weighted by molar-refractivity contribution is 5.71. The van der Waals surface area contributed by atoms with Crippen LogP contribution in [0.2, 0.25) is 0 Å². The molecule has 1 saturated heterocycles. The lowest BCUT2D eigenvalue weighted by Crippen LogP contribution is -2.29. The Morgan fingerprint density at radius 3 is 2.03 bits per heavy atom. The van der Waals surface area contributed by atoms with Gasteiger partial charge in [0.05, 0.1) is 23.5 Å². The first-order valence-corrected chi connectivity index (χ1v) is 12.3. The molecule has 0 spiro atoms. The molecule has 0 bridgehead atoms. The molecular formula is C28H32N6O2. The van der Waals surface area contributed by atoms with Crippen LogP contribution in [-0.2, 0) is 0 Å². The fourth-order valence-electron chi connectivity index (χ4n) is 4.66. The molecule has 0 radical (unpaired) electrons. The average Bonchev–Trinajstić information content (AvgIpc) is 3.63. The van der Waals surface area contributed by atoms with Crippen molar-refractivity contribution in [3.8, 4) is 33.6 Å². The van der Waals surface area contributed by atoms with Crippen LogP contribution in [0.25, 0.3) is 33.6 Å². The van der Waals surface area contributed by atoms with Crippen LogP contribution >= 0.6 is 0 Å². The van der Waals surface area contributed by atoms with Gasteiger partial charge in [-0.1, -0.05) is 69.3 Å². The molecule has 2 aromatic carbocycles. The highest BCUT2D eigenvalue weighted by Crippen LogP contribution is 2.33. The second-order valence-corrected chi connectivity index (χ2v) is 10.5. The van der Waals surface area contributed by atoms with Crippen LogP contribution in [-0.4, -0.2) is 42.6 Å². The van der Waals surface area contributed by atoms with Gasteiger partial charge in [-0.15, -0.1) is 0 Å². The van der Waals surface area contributed by atoms with Crippen LogP contribution in [0.3, 0.4) is 0 Å². The Hall–Kier alpha value is -3.91. The summed E-state index contributed by atoms with van der Waals surface area (Å²) in [5, 5.41) is 9.42. The van der Waals surface area contributed by atoms with E-state index in [2.05, 4.69) is 67.1 Å². The Morgan fingerprint density at radius 2 is 1.47 bits per heavy atom. The van der Waals surface area contributed by atoms with Crippen molar-refractivity contribution in [1.82, 2.24) is 24.8 Å². The molecule has 5 rings (SSSR count). The molecule has 8 nitrogen and oxygen atoms in total. The number of H-pyrrole nitrogens is 2. The number of hydrogen-bond acceptors (Lipinski definition) is 4. The topological polar surface area (TPSA) is 124 Å². The standard InChI is InChI=1S/C28H32N6O2/c1-28(2,3)24(29)26-31-16-22(33-26)20-12-8-18(9-13-20)17-6-10-19(11-7-17)21-15-30-25(32-21)23-5-4-14-34(23)27(35)36/h6-13,15-16,23-24H,4-5,14,29H2,1-3H3,(H,30,32)(H,31,33)(H,35,36)/t23?,24-/m1/s1. The van der Waals surface area contributed by atoms with Crippen LogP contribution in [0.1, 0.15) is 57.3 Å². The van der Waals surface area contributed by atoms with Gasteiger partial charge in [0, 0.05) is 30.1 Å². The lowest BCUT2D eigenvalue weighted by atomic mass is 9.87. The van der Waals surface area contributed by atoms with Gasteiger partial charge in [0.25, 0.3) is 0 Å². The predicted octanol–water partition coefficient (Wildman–Crippen LogP) is 5.99. The lowest BCUT2D eigenvalue weighted by molar-refractivity contribution is 0.139. The van der Waals surface area contributed by atoms with E-state index in [0.29, 0.717) is 12.4 Å². The first-order chi connectivity index (χ1) is 17.2. The Kier molecular flexibility index (Phi) is 6.14. The van der Waals surface area contributed by atoms with E-state index in [-0.39, 0.29) is 17.5 Å². The molecule has 1 amide bonds. The molecule has 36 heavy (non-hydrogen) atoms. The maximum absolute atomic E-state index is 11.5. The first kappa shape index (κ1) is 23.8. The molecule has 186 valence electrons. The van der Waals surface area contributed by atoms with Crippen molar-refractivity contribution in [2.24, 2.45) is 11.1 Å². The van der Waals surface area contributed by atoms with Gasteiger partial charge >= 0.3 is 6.09 Å². The van der Waals surface area contributed by atoms with Crippen LogP contribution in [0, 0.1) is 5.41 Å². The van der Waals surface area contributed by atoms with Gasteiger partial charge in [-0.3, -0.25) is 4.90 Å². The molecule has 1 unspecified atom stereocenters. The molecular weight excluding hydrogens is 452 g/mol. The van der Waals surface area contributed by atoms with Crippen molar-refractivity contribution < 1.29 is 9.90 Å². The first-order valence-electron chi connectivity index (χ1n) is 12.3. The van der Waals surface area contributed by atoms with Gasteiger partial charge in [-0.05, 0) is 29.4 Å². The number of aromatic amines is 2. The maximum atomic E-state index is 11.5. The number of aromatic nitrogens is 4. The number of likely N-dealkylation sites (tertiary alicyclic amines) is 1. The fraction of sp³-hybridized carbons (Fsp3) is 0.321. The summed E-state index contributed by atoms with van der Waals surface area (Å²) in [6, 6.07) is 16.2. The molecule has 1 fully saturated rings. The van der Waals surface area contributed by atoms with E-state index >= 15 is 0 Å². The van der Waals surface area contributed by atoms with E-state index in [9.17, 15) is 9.90 Å². The average molecular weight is 485 g/mol. The third-order valence-electron chi connectivity index (χ3n) is 6.93. The highest BCUT2D eigenvalue weighted by Gasteiger charge is 2.32. The summed E-state index contributed by atoms with van der Waals surface area (Å²) < 4.78 is 0. The van der Waals surface area contributed by atoms with Gasteiger partial charge in [-0.2, -0.15) is 0 Å². The summed E-state index contributed by atoms with van der Waals surface area (Å²) in [5.41, 5.74) is 12.2. The van der Waals surface area contributed by atoms with Crippen LogP contribution < -0.4 is 5.73 Å². The van der Waals surface area contributed by atoms with E-state index in [1.165, 1.54) is 4.90 Å². The third-order valence-corrected chi connectivity index (χ3v) is 6.93. The second kappa shape index (κ2) is 9.28. The van der Waals surface area contributed by atoms with Crippen LogP contribution in [0.4, 0.5) is 4.79 Å². The zero-order valence-corrected chi connectivity index (χ0v) is 20.8. The Bertz CT molecular complexity index is 1350. The van der Waals surface area contributed by atoms with Crippen molar-refractivity contribution in [1.29, 1.82) is 0 Å². The summed E-state index contributed by atoms with van der Waals surface area (Å²) in [6.07, 6.45) is 4.50. The number of nitrogens with one attached hydrogen (secondary N) is 2. The minimum atomic E-state index is -0.896. The van der Waals surface area contributed by atoms with Gasteiger partial charge < -0.3 is 20.8 Å². The monoisotopic (exact) mass is 484 g/mol. The molecule has 0 aliphatic carbocycles. The quantitative estimate of drug-likeness (QED) is 0.277. The zero-order valence-electron chi connectivity index (χ0n) is 20.8. The van der Waals surface area contributed by atoms with Crippen molar-refractivity contribution in [2.45, 2.75) is 45.7 Å². The maximum Gasteiger partial charge on any atom is 0.407 e. The summed E-state index contributed by atoms with van der Waals surface area (Å²) in [4.78, 5) is 28.7. The largest absolute Gasteiger partial charge is 0.465 e.